The van der Waals surface area contributed by atoms with Gasteiger partial charge in [0, 0.05) is 158 Å². The van der Waals surface area contributed by atoms with E-state index >= 15 is 0 Å². The molecule has 0 unspecified atom stereocenters. The van der Waals surface area contributed by atoms with Crippen molar-refractivity contribution in [2.75, 3.05) is 0 Å². The van der Waals surface area contributed by atoms with E-state index in [1.807, 2.05) is 128 Å². The van der Waals surface area contributed by atoms with Crippen LogP contribution in [-0.2, 0) is 111 Å². The Morgan fingerprint density at radius 3 is 1.13 bits per heavy atom. The summed E-state index contributed by atoms with van der Waals surface area (Å²) in [5.41, 5.74) is 41.4. The minimum Gasteiger partial charge on any atom is -0.258 e. The van der Waals surface area contributed by atoms with Crippen molar-refractivity contribution < 1.29 is 101 Å². The average Bonchev–Trinajstić information content (AvgIpc) is 1.54. The number of hydrogen-bond donors (Lipinski definition) is 0. The van der Waals surface area contributed by atoms with Gasteiger partial charge in [0.2, 0.25) is 0 Å². The molecule has 17 aromatic rings. The van der Waals surface area contributed by atoms with Gasteiger partial charge in [-0.2, -0.15) is 146 Å². The summed E-state index contributed by atoms with van der Waals surface area (Å²) in [6.45, 7) is 46.7. The maximum Gasteiger partial charge on any atom is 0.0756 e. The first-order valence-electron chi connectivity index (χ1n) is 43.5. The van der Waals surface area contributed by atoms with Crippen molar-refractivity contribution in [2.45, 2.75) is 180 Å². The zero-order valence-corrected chi connectivity index (χ0v) is 89.6. The molecule has 0 N–H and O–H groups in total. The third-order valence-electron chi connectivity index (χ3n) is 24.5. The topological polar surface area (TPSA) is 89.1 Å². The molecule has 0 spiro atoms. The predicted molar refractivity (Wildman–Crippen MR) is 515 cm³/mol. The van der Waals surface area contributed by atoms with Crippen LogP contribution >= 0.6 is 0 Å². The van der Waals surface area contributed by atoms with Gasteiger partial charge in [0.25, 0.3) is 0 Å². The Balaban J connectivity index is 0.000000181. The SMILES string of the molecule is CC(C)c1cc(-c2ccccc2)cc(C(C)C)c1-c1ccnn1-c1[c-]cccc1.CC1(C)c2ccccc2-c2c(cnn2-c2[c-]cccc2)C1(C)C.Cc1c[c-]c(-n2nccc2-c2c(C)cccc2C)cc1.Cc1cc(C)cc(-c2cc(C)c(-c3ccnn3-c3[c-]cccc3)c(C)c2)c1.Cc1nn(-c2[c-]cccc2)c(-c2c(C(C)C)cccc2C(C)C)c1C.[Ir].[Ir].[Ir].[Ir].[Ir]. The first kappa shape index (κ1) is 103. The normalized spacial score (nSPS) is 11.9. The first-order chi connectivity index (χ1) is 59.6. The van der Waals surface area contributed by atoms with E-state index in [1.54, 1.807) is 0 Å². The molecule has 18 rings (SSSR count). The summed E-state index contributed by atoms with van der Waals surface area (Å²) in [4.78, 5) is 0. The van der Waals surface area contributed by atoms with Crippen molar-refractivity contribution >= 4 is 0 Å². The first-order valence-corrected chi connectivity index (χ1v) is 43.5. The molecule has 0 saturated heterocycles. The third kappa shape index (κ3) is 22.2. The number of aromatic nitrogens is 10. The van der Waals surface area contributed by atoms with Gasteiger partial charge in [0.05, 0.1) is 40.4 Å². The number of benzene rings is 12. The van der Waals surface area contributed by atoms with Gasteiger partial charge in [0.1, 0.15) is 0 Å². The molecule has 0 amide bonds. The zero-order valence-electron chi connectivity index (χ0n) is 77.7. The Morgan fingerprint density at radius 1 is 0.287 bits per heavy atom. The zero-order chi connectivity index (χ0) is 87.8. The molecule has 1 aliphatic rings. The number of para-hydroxylation sites is 4. The fraction of sp³-hybridized carbons (Fsp3) is 0.237. The monoisotopic (exact) mass is 2590 g/mol. The minimum atomic E-state index is 0. The molecule has 15 heteroatoms. The van der Waals surface area contributed by atoms with Gasteiger partial charge in [-0.25, -0.2) is 0 Å². The second kappa shape index (κ2) is 45.2. The molecule has 0 saturated carbocycles. The van der Waals surface area contributed by atoms with Gasteiger partial charge in [-0.3, -0.25) is 23.4 Å². The van der Waals surface area contributed by atoms with Gasteiger partial charge in [-0.05, 0) is 209 Å². The molecule has 0 bridgehead atoms. The summed E-state index contributed by atoms with van der Waals surface area (Å²) in [6, 6.07) is 109. The van der Waals surface area contributed by atoms with Gasteiger partial charge in [-0.1, -0.05) is 235 Å². The van der Waals surface area contributed by atoms with E-state index in [0.29, 0.717) is 23.7 Å². The van der Waals surface area contributed by atoms with Crippen LogP contribution in [0.3, 0.4) is 0 Å². The smallest absolute Gasteiger partial charge is 0.0756 e. The molecule has 129 heavy (non-hydrogen) atoms. The van der Waals surface area contributed by atoms with Crippen molar-refractivity contribution in [3.05, 3.63) is 406 Å². The third-order valence-corrected chi connectivity index (χ3v) is 24.5. The second-order valence-electron chi connectivity index (χ2n) is 35.2. The van der Waals surface area contributed by atoms with Crippen LogP contribution in [0.5, 0.6) is 0 Å². The number of hydrogen-bond acceptors (Lipinski definition) is 5. The summed E-state index contributed by atoms with van der Waals surface area (Å²) in [7, 11) is 0. The van der Waals surface area contributed by atoms with E-state index in [2.05, 4.69) is 378 Å². The van der Waals surface area contributed by atoms with Crippen LogP contribution in [0.25, 0.3) is 107 Å². The van der Waals surface area contributed by atoms with E-state index < -0.39 is 0 Å². The van der Waals surface area contributed by atoms with Gasteiger partial charge in [0.15, 0.2) is 0 Å². The molecule has 12 aromatic carbocycles. The number of rotatable bonds is 15. The molecule has 10 nitrogen and oxygen atoms in total. The fourth-order valence-electron chi connectivity index (χ4n) is 17.4. The average molecular weight is 2590 g/mol. The summed E-state index contributed by atoms with van der Waals surface area (Å²) in [5.74, 6) is 1.71. The van der Waals surface area contributed by atoms with E-state index in [4.69, 9.17) is 10.2 Å². The molecule has 5 radical (unpaired) electrons. The molecule has 5 aromatic heterocycles. The number of aryl methyl sites for hydroxylation is 8. The van der Waals surface area contributed by atoms with Crippen LogP contribution in [-0.4, -0.2) is 48.9 Å². The van der Waals surface area contributed by atoms with Crippen molar-refractivity contribution in [2.24, 2.45) is 0 Å². The second-order valence-corrected chi connectivity index (χ2v) is 35.2. The van der Waals surface area contributed by atoms with Gasteiger partial charge in [-0.15, -0.1) is 30.3 Å². The van der Waals surface area contributed by atoms with E-state index in [-0.39, 0.29) is 111 Å². The fourth-order valence-corrected chi connectivity index (χ4v) is 17.4. The molecular formula is C114H115Ir5N10-5. The van der Waals surface area contributed by atoms with E-state index in [9.17, 15) is 0 Å². The quantitative estimate of drug-likeness (QED) is 0.0954. The molecular weight excluding hydrogens is 2470 g/mol. The Bertz CT molecular complexity index is 6410. The molecule has 0 aliphatic heterocycles. The summed E-state index contributed by atoms with van der Waals surface area (Å²) >= 11 is 0. The Kier molecular flexibility index (Phi) is 36.0. The van der Waals surface area contributed by atoms with Crippen molar-refractivity contribution in [3.8, 4) is 107 Å². The van der Waals surface area contributed by atoms with Gasteiger partial charge >= 0.3 is 0 Å². The Labute approximate surface area is 834 Å². The van der Waals surface area contributed by atoms with Crippen LogP contribution in [0.15, 0.2) is 292 Å². The molecule has 0 fully saturated rings. The Hall–Kier alpha value is -10.1. The summed E-state index contributed by atoms with van der Waals surface area (Å²) in [6.07, 6.45) is 7.62. The molecule has 1 aliphatic carbocycles. The molecule has 671 valence electrons. The molecule has 0 atom stereocenters. The predicted octanol–water partition coefficient (Wildman–Crippen LogP) is 28.9. The van der Waals surface area contributed by atoms with Gasteiger partial charge < -0.3 is 0 Å². The van der Waals surface area contributed by atoms with Crippen LogP contribution < -0.4 is 0 Å². The number of fused-ring (bicyclic) bond motifs is 3. The standard InChI is InChI=1S/C27H27N2.C25H23N2.C23H27N2.C21H21N2.C18H17N2.5Ir/c1-19(2)24-17-22(21-11-7-5-8-12-21)18-25(20(3)4)27(24)26-15-16-28-29(26)23-13-9-6-10-14-23;1-17-12-18(2)14-21(13-17)22-15-19(3)25(20(4)16-22)24-10-11-26-27(24)23-8-6-5-7-9-23;1-15(2)20-13-10-14-21(16(3)4)22(20)23-17(5)18(6)24-25(23)19-11-8-7-9-12-19;1-20(2)17-13-9-8-12-16(17)19-18(21(20,3)4)14-22-23(19)15-10-6-5-7-11-15;1-13-7-9-16(10-8-13)20-17(11-12-19-20)18-14(2)5-4-6-15(18)3;;;;;/h5-13,15-20H,1-4H3;5-8,10-16H,1-4H3;7-11,13-16H,1-6H3;5-10,12-14H,1-4H3;4-9,11-12H,1-3H3;;;;;/q5*-1;;;;;. The van der Waals surface area contributed by atoms with E-state index in [0.717, 1.165) is 51.2 Å². The summed E-state index contributed by atoms with van der Waals surface area (Å²) in [5, 5.41) is 23.2. The Morgan fingerprint density at radius 2 is 0.682 bits per heavy atom. The van der Waals surface area contributed by atoms with Crippen LogP contribution in [0.4, 0.5) is 0 Å². The van der Waals surface area contributed by atoms with Crippen LogP contribution in [0, 0.1) is 92.6 Å². The molecule has 5 heterocycles. The summed E-state index contributed by atoms with van der Waals surface area (Å²) < 4.78 is 10.0. The van der Waals surface area contributed by atoms with Crippen LogP contribution in [0.2, 0.25) is 0 Å². The van der Waals surface area contributed by atoms with Crippen molar-refractivity contribution in [3.63, 3.8) is 0 Å². The maximum atomic E-state index is 4.84. The van der Waals surface area contributed by atoms with Crippen molar-refractivity contribution in [1.29, 1.82) is 0 Å². The minimum absolute atomic E-state index is 0. The number of nitrogens with zero attached hydrogens (tertiary/aromatic N) is 10. The van der Waals surface area contributed by atoms with E-state index in [1.165, 1.54) is 139 Å². The largest absolute Gasteiger partial charge is 0.258 e. The van der Waals surface area contributed by atoms with Crippen molar-refractivity contribution in [1.82, 2.24) is 48.9 Å². The maximum absolute atomic E-state index is 4.84. The van der Waals surface area contributed by atoms with Crippen LogP contribution in [0.1, 0.15) is 190 Å².